The lowest BCUT2D eigenvalue weighted by molar-refractivity contribution is -0.122. The van der Waals surface area contributed by atoms with Crippen molar-refractivity contribution >= 4 is 29.0 Å². The Kier molecular flexibility index (Phi) is 7.40. The van der Waals surface area contributed by atoms with Gasteiger partial charge in [-0.3, -0.25) is 4.79 Å². The number of aryl methyl sites for hydroxylation is 1. The monoisotopic (exact) mass is 415 g/mol. The number of rotatable bonds is 7. The number of carbonyl (C=O) groups is 1. The summed E-state index contributed by atoms with van der Waals surface area (Å²) in [6, 6.07) is 3.99. The molecule has 0 aromatic carbocycles. The molecule has 0 unspecified atom stereocenters. The van der Waals surface area contributed by atoms with Gasteiger partial charge in [0.05, 0.1) is 13.1 Å². The number of carbonyl (C=O) groups excluding carboxylic acids is 1. The predicted molar refractivity (Wildman–Crippen MR) is 117 cm³/mol. The van der Waals surface area contributed by atoms with Gasteiger partial charge in [0.25, 0.3) is 0 Å². The zero-order valence-electron chi connectivity index (χ0n) is 17.0. The van der Waals surface area contributed by atoms with Crippen molar-refractivity contribution in [2.24, 2.45) is 16.6 Å². The molecule has 2 aromatic heterocycles. The molecular formula is C20H29N7OS. The maximum Gasteiger partial charge on any atom is 0.220 e. The average Bonchev–Trinajstić information content (AvgIpc) is 3.15. The molecule has 29 heavy (non-hydrogen) atoms. The fourth-order valence-electron chi connectivity index (χ4n) is 3.36. The minimum Gasteiger partial charge on any atom is -0.369 e. The lowest BCUT2D eigenvalue weighted by Crippen LogP contribution is -2.39. The third-order valence-electron chi connectivity index (χ3n) is 4.89. The molecule has 0 bridgehead atoms. The van der Waals surface area contributed by atoms with E-state index in [1.54, 1.807) is 17.5 Å². The van der Waals surface area contributed by atoms with Crippen molar-refractivity contribution in [1.82, 2.24) is 20.6 Å². The Morgan fingerprint density at radius 3 is 2.79 bits per heavy atom. The van der Waals surface area contributed by atoms with E-state index in [9.17, 15) is 4.79 Å². The first kappa shape index (κ1) is 21.0. The number of aromatic nitrogens is 2. The Labute approximate surface area is 175 Å². The van der Waals surface area contributed by atoms with Gasteiger partial charge < -0.3 is 21.3 Å². The molecule has 1 fully saturated rings. The first-order valence-corrected chi connectivity index (χ1v) is 10.8. The number of hydrogen-bond donors (Lipinski definition) is 3. The van der Waals surface area contributed by atoms with E-state index in [-0.39, 0.29) is 11.8 Å². The summed E-state index contributed by atoms with van der Waals surface area (Å²) in [7, 11) is 0. The van der Waals surface area contributed by atoms with E-state index in [1.807, 2.05) is 19.2 Å². The van der Waals surface area contributed by atoms with E-state index in [0.717, 1.165) is 54.8 Å². The first-order chi connectivity index (χ1) is 14.1. The molecule has 1 amide bonds. The highest BCUT2D eigenvalue weighted by Crippen LogP contribution is 2.24. The van der Waals surface area contributed by atoms with Gasteiger partial charge in [0.15, 0.2) is 5.96 Å². The number of piperidine rings is 1. The van der Waals surface area contributed by atoms with Crippen LogP contribution in [-0.4, -0.2) is 41.5 Å². The summed E-state index contributed by atoms with van der Waals surface area (Å²) in [5.74, 6) is 1.45. The van der Waals surface area contributed by atoms with Crippen molar-refractivity contribution in [3.05, 3.63) is 40.0 Å². The third-order valence-corrected chi connectivity index (χ3v) is 5.81. The van der Waals surface area contributed by atoms with E-state index >= 15 is 0 Å². The molecule has 0 radical (unpaired) electrons. The van der Waals surface area contributed by atoms with Crippen LogP contribution < -0.4 is 21.3 Å². The quantitative estimate of drug-likeness (QED) is 0.470. The molecule has 1 saturated heterocycles. The minimum absolute atomic E-state index is 0.0320. The van der Waals surface area contributed by atoms with Gasteiger partial charge in [-0.05, 0) is 32.8 Å². The van der Waals surface area contributed by atoms with Crippen LogP contribution in [0.5, 0.6) is 0 Å². The number of nitrogens with one attached hydrogen (secondary N) is 2. The molecule has 0 spiro atoms. The van der Waals surface area contributed by atoms with Crippen LogP contribution in [0.1, 0.15) is 35.2 Å². The summed E-state index contributed by atoms with van der Waals surface area (Å²) >= 11 is 1.68. The van der Waals surface area contributed by atoms with Gasteiger partial charge in [-0.25, -0.2) is 15.0 Å². The maximum atomic E-state index is 11.4. The van der Waals surface area contributed by atoms with Gasteiger partial charge in [-0.2, -0.15) is 0 Å². The molecule has 0 aliphatic carbocycles. The number of thiazole rings is 1. The number of aliphatic imine (C=N–C) groups is 1. The number of pyridine rings is 1. The Bertz CT molecular complexity index is 843. The summed E-state index contributed by atoms with van der Waals surface area (Å²) in [5.41, 5.74) is 6.52. The fraction of sp³-hybridized carbons (Fsp3) is 0.500. The van der Waals surface area contributed by atoms with Crippen molar-refractivity contribution in [2.75, 3.05) is 24.5 Å². The van der Waals surface area contributed by atoms with Gasteiger partial charge in [-0.1, -0.05) is 6.07 Å². The van der Waals surface area contributed by atoms with Gasteiger partial charge in [-0.15, -0.1) is 11.3 Å². The predicted octanol–water partition coefficient (Wildman–Crippen LogP) is 1.80. The SMILES string of the molecule is CCNC(=NCc1cccnc1N1CCC(C(N)=O)CC1)NCc1ncc(C)s1. The zero-order valence-corrected chi connectivity index (χ0v) is 17.8. The normalized spacial score (nSPS) is 15.4. The van der Waals surface area contributed by atoms with Crippen LogP contribution in [0.25, 0.3) is 0 Å². The van der Waals surface area contributed by atoms with E-state index in [1.165, 1.54) is 4.88 Å². The molecule has 156 valence electrons. The third kappa shape index (κ3) is 5.90. The number of anilines is 1. The Balaban J connectivity index is 1.65. The smallest absolute Gasteiger partial charge is 0.220 e. The van der Waals surface area contributed by atoms with Gasteiger partial charge >= 0.3 is 0 Å². The van der Waals surface area contributed by atoms with Gasteiger partial charge in [0, 0.05) is 48.4 Å². The Hall–Kier alpha value is -2.68. The van der Waals surface area contributed by atoms with Crippen LogP contribution in [0.3, 0.4) is 0 Å². The van der Waals surface area contributed by atoms with Gasteiger partial charge in [0.1, 0.15) is 10.8 Å². The van der Waals surface area contributed by atoms with Crippen LogP contribution in [0.4, 0.5) is 5.82 Å². The molecule has 2 aromatic rings. The largest absolute Gasteiger partial charge is 0.369 e. The van der Waals surface area contributed by atoms with E-state index in [4.69, 9.17) is 10.7 Å². The lowest BCUT2D eigenvalue weighted by Gasteiger charge is -2.32. The Morgan fingerprint density at radius 2 is 2.14 bits per heavy atom. The molecule has 3 rings (SSSR count). The highest BCUT2D eigenvalue weighted by Gasteiger charge is 2.24. The van der Waals surface area contributed by atoms with Crippen LogP contribution in [0, 0.1) is 12.8 Å². The van der Waals surface area contributed by atoms with E-state index in [0.29, 0.717) is 13.1 Å². The van der Waals surface area contributed by atoms with Crippen molar-refractivity contribution in [3.8, 4) is 0 Å². The fourth-order valence-corrected chi connectivity index (χ4v) is 4.09. The van der Waals surface area contributed by atoms with Crippen LogP contribution in [0.2, 0.25) is 0 Å². The minimum atomic E-state index is -0.202. The first-order valence-electron chi connectivity index (χ1n) is 9.98. The molecule has 4 N–H and O–H groups in total. The number of guanidine groups is 1. The molecule has 9 heteroatoms. The molecule has 1 aliphatic heterocycles. The molecular weight excluding hydrogens is 386 g/mol. The van der Waals surface area contributed by atoms with Crippen LogP contribution in [0.15, 0.2) is 29.5 Å². The summed E-state index contributed by atoms with van der Waals surface area (Å²) in [6.45, 7) is 7.60. The maximum absolute atomic E-state index is 11.4. The second-order valence-electron chi connectivity index (χ2n) is 7.06. The summed E-state index contributed by atoms with van der Waals surface area (Å²) < 4.78 is 0. The van der Waals surface area contributed by atoms with Crippen molar-refractivity contribution < 1.29 is 4.79 Å². The van der Waals surface area contributed by atoms with E-state index in [2.05, 4.69) is 38.5 Å². The summed E-state index contributed by atoms with van der Waals surface area (Å²) in [4.78, 5) is 28.5. The van der Waals surface area contributed by atoms with Gasteiger partial charge in [0.2, 0.25) is 5.91 Å². The standard InChI is InChI=1S/C20H29N7OS/c1-3-22-20(26-13-17-24-11-14(2)29-17)25-12-16-5-4-8-23-19(16)27-9-6-15(7-10-27)18(21)28/h4-5,8,11,15H,3,6-7,9-10,12-13H2,1-2H3,(H2,21,28)(H2,22,25,26). The van der Waals surface area contributed by atoms with Crippen molar-refractivity contribution in [2.45, 2.75) is 39.8 Å². The second-order valence-corrected chi connectivity index (χ2v) is 8.38. The summed E-state index contributed by atoms with van der Waals surface area (Å²) in [6.07, 6.45) is 5.23. The van der Waals surface area contributed by atoms with Crippen LogP contribution in [-0.2, 0) is 17.9 Å². The average molecular weight is 416 g/mol. The topological polar surface area (TPSA) is 109 Å². The second kappa shape index (κ2) is 10.2. The molecule has 0 saturated carbocycles. The van der Waals surface area contributed by atoms with Crippen LogP contribution >= 0.6 is 11.3 Å². The summed E-state index contributed by atoms with van der Waals surface area (Å²) in [5, 5.41) is 7.65. The lowest BCUT2D eigenvalue weighted by atomic mass is 9.96. The number of amides is 1. The highest BCUT2D eigenvalue weighted by molar-refractivity contribution is 7.11. The zero-order chi connectivity index (χ0) is 20.6. The highest BCUT2D eigenvalue weighted by atomic mass is 32.1. The Morgan fingerprint density at radius 1 is 1.34 bits per heavy atom. The number of nitrogens with zero attached hydrogens (tertiary/aromatic N) is 4. The number of primary amides is 1. The molecule has 1 aliphatic rings. The molecule has 8 nitrogen and oxygen atoms in total. The number of nitrogens with two attached hydrogens (primary N) is 1. The molecule has 0 atom stereocenters. The molecule has 3 heterocycles. The number of hydrogen-bond acceptors (Lipinski definition) is 6. The van der Waals surface area contributed by atoms with Crippen molar-refractivity contribution in [3.63, 3.8) is 0 Å². The van der Waals surface area contributed by atoms with Crippen molar-refractivity contribution in [1.29, 1.82) is 0 Å². The van der Waals surface area contributed by atoms with E-state index < -0.39 is 0 Å².